The van der Waals surface area contributed by atoms with Crippen molar-refractivity contribution in [2.75, 3.05) is 39.2 Å². The van der Waals surface area contributed by atoms with Gasteiger partial charge >= 0.3 is 0 Å². The highest BCUT2D eigenvalue weighted by Crippen LogP contribution is 2.25. The maximum absolute atomic E-state index is 13.7. The van der Waals surface area contributed by atoms with E-state index >= 15 is 0 Å². The summed E-state index contributed by atoms with van der Waals surface area (Å²) in [6, 6.07) is 13.4. The van der Waals surface area contributed by atoms with Gasteiger partial charge in [0.15, 0.2) is 0 Å². The third-order valence-electron chi connectivity index (χ3n) is 6.34. The van der Waals surface area contributed by atoms with Crippen molar-refractivity contribution in [2.45, 2.75) is 33.2 Å². The molecule has 9 heteroatoms. The van der Waals surface area contributed by atoms with Crippen molar-refractivity contribution in [2.24, 2.45) is 5.41 Å². The van der Waals surface area contributed by atoms with Crippen LogP contribution in [0.2, 0.25) is 10.0 Å². The van der Waals surface area contributed by atoms with Gasteiger partial charge in [-0.1, -0.05) is 47.5 Å². The highest BCUT2D eigenvalue weighted by Gasteiger charge is 2.33. The quantitative estimate of drug-likeness (QED) is 0.199. The van der Waals surface area contributed by atoms with Crippen LogP contribution in [0.4, 0.5) is 0 Å². The summed E-state index contributed by atoms with van der Waals surface area (Å²) in [5, 5.41) is 2.02. The number of hydrogen-bond acceptors (Lipinski definition) is 3. The lowest BCUT2D eigenvalue weighted by Crippen LogP contribution is -2.48. The number of nitrogens with zero attached hydrogens (tertiary/aromatic N) is 2. The smallest absolute Gasteiger partial charge is 0.242 e. The molecule has 0 fully saturated rings. The molecule has 3 rings (SSSR count). The van der Waals surface area contributed by atoms with Gasteiger partial charge in [0.2, 0.25) is 11.8 Å². The number of rotatable bonds is 13. The molecule has 2 aromatic carbocycles. The molecule has 0 spiro atoms. The number of hydrogen-bond donors (Lipinski definition) is 1. The number of carbonyl (C=O) groups excluding carboxylic acids is 2. The van der Waals surface area contributed by atoms with Crippen molar-refractivity contribution in [3.63, 3.8) is 0 Å². The molecule has 0 saturated heterocycles. The molecule has 1 heterocycles. The Hall–Kier alpha value is -2.25. The zero-order valence-electron chi connectivity index (χ0n) is 21.5. The van der Waals surface area contributed by atoms with E-state index in [0.29, 0.717) is 49.1 Å². The minimum absolute atomic E-state index is 0.0436. The third-order valence-corrected chi connectivity index (χ3v) is 7.75. The maximum atomic E-state index is 13.7. The first kappa shape index (κ1) is 29.3. The van der Waals surface area contributed by atoms with Crippen molar-refractivity contribution in [3.05, 3.63) is 69.8 Å². The Balaban J connectivity index is 1.83. The molecule has 6 nitrogen and oxygen atoms in total. The molecule has 3 aromatic rings. The van der Waals surface area contributed by atoms with Crippen molar-refractivity contribution in [1.82, 2.24) is 14.8 Å². The first-order valence-corrected chi connectivity index (χ1v) is 13.6. The van der Waals surface area contributed by atoms with Gasteiger partial charge in [-0.3, -0.25) is 9.59 Å². The van der Waals surface area contributed by atoms with E-state index in [9.17, 15) is 9.59 Å². The van der Waals surface area contributed by atoms with Crippen LogP contribution in [0.15, 0.2) is 48.7 Å². The van der Waals surface area contributed by atoms with E-state index in [1.165, 1.54) is 0 Å². The van der Waals surface area contributed by atoms with Gasteiger partial charge in [0, 0.05) is 56.3 Å². The first-order chi connectivity index (χ1) is 17.7. The second-order valence-corrected chi connectivity index (χ2v) is 10.8. The molecule has 0 radical (unpaired) electrons. The number of halogens is 3. The van der Waals surface area contributed by atoms with E-state index in [-0.39, 0.29) is 24.2 Å². The molecule has 0 aliphatic heterocycles. The van der Waals surface area contributed by atoms with Crippen LogP contribution in [-0.2, 0) is 27.3 Å². The molecule has 1 N–H and O–H groups in total. The van der Waals surface area contributed by atoms with Gasteiger partial charge in [-0.25, -0.2) is 0 Å². The predicted molar refractivity (Wildman–Crippen MR) is 151 cm³/mol. The zero-order chi connectivity index (χ0) is 27.0. The van der Waals surface area contributed by atoms with Crippen molar-refractivity contribution < 1.29 is 14.3 Å². The molecule has 2 amide bonds. The second-order valence-electron chi connectivity index (χ2n) is 9.76. The number of aromatic amines is 1. The summed E-state index contributed by atoms with van der Waals surface area (Å²) in [6.07, 6.45) is 3.26. The highest BCUT2D eigenvalue weighted by molar-refractivity contribution is 6.42. The average molecular weight is 567 g/mol. The van der Waals surface area contributed by atoms with Crippen LogP contribution in [0.25, 0.3) is 10.9 Å². The minimum Gasteiger partial charge on any atom is -0.385 e. The van der Waals surface area contributed by atoms with Crippen LogP contribution in [0, 0.1) is 5.41 Å². The molecular weight excluding hydrogens is 533 g/mol. The highest BCUT2D eigenvalue weighted by atomic mass is 35.5. The Morgan fingerprint density at radius 3 is 2.49 bits per heavy atom. The van der Waals surface area contributed by atoms with Gasteiger partial charge in [0.1, 0.15) is 0 Å². The number of aromatic nitrogens is 1. The van der Waals surface area contributed by atoms with E-state index in [2.05, 4.69) is 11.1 Å². The Morgan fingerprint density at radius 2 is 1.78 bits per heavy atom. The number of nitrogens with one attached hydrogen (secondary N) is 1. The lowest BCUT2D eigenvalue weighted by atomic mass is 9.94. The maximum Gasteiger partial charge on any atom is 0.242 e. The number of alkyl halides is 1. The molecule has 1 aromatic heterocycles. The van der Waals surface area contributed by atoms with Crippen LogP contribution >= 0.6 is 34.8 Å². The summed E-state index contributed by atoms with van der Waals surface area (Å²) in [7, 11) is 1.61. The zero-order valence-corrected chi connectivity index (χ0v) is 23.8. The van der Waals surface area contributed by atoms with Gasteiger partial charge < -0.3 is 19.5 Å². The fraction of sp³-hybridized carbons (Fsp3) is 0.429. The molecule has 0 atom stereocenters. The molecule has 37 heavy (non-hydrogen) atoms. The van der Waals surface area contributed by atoms with E-state index in [1.807, 2.05) is 30.5 Å². The number of carbonyl (C=O) groups is 2. The van der Waals surface area contributed by atoms with Gasteiger partial charge in [-0.15, -0.1) is 11.6 Å². The summed E-state index contributed by atoms with van der Waals surface area (Å²) < 4.78 is 5.17. The molecular formula is C28H34Cl3N3O3. The molecule has 0 aliphatic rings. The fourth-order valence-electron chi connectivity index (χ4n) is 4.14. The monoisotopic (exact) mass is 565 g/mol. The Labute approximate surface area is 233 Å². The second kappa shape index (κ2) is 13.5. The van der Waals surface area contributed by atoms with Crippen molar-refractivity contribution in [3.8, 4) is 0 Å². The molecule has 0 unspecified atom stereocenters. The number of para-hydroxylation sites is 1. The lowest BCUT2D eigenvalue weighted by Gasteiger charge is -2.32. The average Bonchev–Trinajstić information content (AvgIpc) is 3.30. The van der Waals surface area contributed by atoms with Crippen LogP contribution in [0.5, 0.6) is 0 Å². The first-order valence-electron chi connectivity index (χ1n) is 12.3. The van der Waals surface area contributed by atoms with Gasteiger partial charge in [0.05, 0.1) is 22.0 Å². The van der Waals surface area contributed by atoms with E-state index in [4.69, 9.17) is 39.5 Å². The predicted octanol–water partition coefficient (Wildman–Crippen LogP) is 6.18. The summed E-state index contributed by atoms with van der Waals surface area (Å²) in [6.45, 7) is 5.25. The number of benzene rings is 2. The molecule has 200 valence electrons. The van der Waals surface area contributed by atoms with Crippen LogP contribution in [0.1, 0.15) is 31.4 Å². The van der Waals surface area contributed by atoms with E-state index in [0.717, 1.165) is 22.0 Å². The Morgan fingerprint density at radius 1 is 1.03 bits per heavy atom. The minimum atomic E-state index is -0.784. The van der Waals surface area contributed by atoms with Gasteiger partial charge in [-0.05, 0) is 56.0 Å². The standard InChI is InChI=1S/C28H34Cl3N3O3/c1-28(2,19-29)27(36)34(12-6-14-37-3)18-26(35)33(17-20-9-10-23(30)24(31)15-20)13-11-21-16-32-25-8-5-4-7-22(21)25/h4-5,7-10,15-16,32H,6,11-14,17-19H2,1-3H3. The molecule has 0 bridgehead atoms. The number of amides is 2. The topological polar surface area (TPSA) is 65.6 Å². The largest absolute Gasteiger partial charge is 0.385 e. The summed E-state index contributed by atoms with van der Waals surface area (Å²) >= 11 is 18.4. The summed E-state index contributed by atoms with van der Waals surface area (Å²) in [5.41, 5.74) is 2.25. The molecule has 0 saturated carbocycles. The van der Waals surface area contributed by atoms with Crippen molar-refractivity contribution >= 4 is 57.5 Å². The number of fused-ring (bicyclic) bond motifs is 1. The lowest BCUT2D eigenvalue weighted by molar-refractivity contribution is -0.145. The summed E-state index contributed by atoms with van der Waals surface area (Å²) in [4.78, 5) is 33.6. The van der Waals surface area contributed by atoms with Crippen LogP contribution < -0.4 is 0 Å². The normalized spacial score (nSPS) is 11.6. The van der Waals surface area contributed by atoms with E-state index in [1.54, 1.807) is 42.9 Å². The van der Waals surface area contributed by atoms with Crippen LogP contribution in [-0.4, -0.2) is 65.8 Å². The fourth-order valence-corrected chi connectivity index (χ4v) is 4.58. The van der Waals surface area contributed by atoms with E-state index < -0.39 is 5.41 Å². The number of methoxy groups -OCH3 is 1. The number of ether oxygens (including phenoxy) is 1. The third kappa shape index (κ3) is 7.87. The SMILES string of the molecule is COCCCN(CC(=O)N(CCc1c[nH]c2ccccc12)Cc1ccc(Cl)c(Cl)c1)C(=O)C(C)(C)CCl. The Kier molecular flexibility index (Phi) is 10.7. The van der Waals surface area contributed by atoms with Gasteiger partial charge in [0.25, 0.3) is 0 Å². The van der Waals surface area contributed by atoms with Crippen molar-refractivity contribution in [1.29, 1.82) is 0 Å². The van der Waals surface area contributed by atoms with Crippen LogP contribution in [0.3, 0.4) is 0 Å². The molecule has 0 aliphatic carbocycles. The number of H-pyrrole nitrogens is 1. The summed E-state index contributed by atoms with van der Waals surface area (Å²) in [5.74, 6) is -0.144. The Bertz CT molecular complexity index is 1210. The van der Waals surface area contributed by atoms with Gasteiger partial charge in [-0.2, -0.15) is 0 Å².